The summed E-state index contributed by atoms with van der Waals surface area (Å²) in [7, 11) is 0. The average Bonchev–Trinajstić information content (AvgIpc) is 2.83. The fourth-order valence-corrected chi connectivity index (χ4v) is 2.79. The normalized spacial score (nSPS) is 36.6. The van der Waals surface area contributed by atoms with Gasteiger partial charge in [0.2, 0.25) is 5.91 Å². The molecule has 104 valence electrons. The number of nitrogens with one attached hydrogen (secondary N) is 1. The lowest BCUT2D eigenvalue weighted by Gasteiger charge is -2.28. The monoisotopic (exact) mass is 256 g/mol. The average molecular weight is 256 g/mol. The summed E-state index contributed by atoms with van der Waals surface area (Å²) in [5.74, 6) is 0.756. The minimum atomic E-state index is -0.857. The maximum Gasteiger partial charge on any atom is 0.223 e. The first-order valence-corrected chi connectivity index (χ1v) is 6.91. The molecule has 0 spiro atoms. The van der Waals surface area contributed by atoms with E-state index in [0.717, 1.165) is 32.2 Å². The highest BCUT2D eigenvalue weighted by atomic mass is 16.5. The Kier molecular flexibility index (Phi) is 4.59. The third kappa shape index (κ3) is 3.43. The van der Waals surface area contributed by atoms with Gasteiger partial charge in [0, 0.05) is 25.5 Å². The van der Waals surface area contributed by atoms with Crippen LogP contribution in [-0.4, -0.2) is 42.9 Å². The molecule has 0 aromatic heterocycles. The molecule has 1 amide bonds. The first kappa shape index (κ1) is 13.8. The van der Waals surface area contributed by atoms with Crippen LogP contribution in [0.4, 0.5) is 0 Å². The topological polar surface area (TPSA) is 84.6 Å². The van der Waals surface area contributed by atoms with Crippen LogP contribution in [-0.2, 0) is 9.53 Å². The van der Waals surface area contributed by atoms with Crippen LogP contribution in [0.15, 0.2) is 0 Å². The molecule has 1 aliphatic carbocycles. The molecule has 4 N–H and O–H groups in total. The van der Waals surface area contributed by atoms with E-state index in [0.29, 0.717) is 32.1 Å². The van der Waals surface area contributed by atoms with Crippen LogP contribution in [0.25, 0.3) is 0 Å². The molecular formula is C13H24N2O3. The molecule has 1 saturated heterocycles. The lowest BCUT2D eigenvalue weighted by Crippen LogP contribution is -2.45. The fraction of sp³-hybridized carbons (Fsp3) is 0.923. The molecule has 2 aliphatic rings. The van der Waals surface area contributed by atoms with Crippen LogP contribution in [0.2, 0.25) is 0 Å². The van der Waals surface area contributed by atoms with Crippen molar-refractivity contribution < 1.29 is 14.6 Å². The molecule has 2 rings (SSSR count). The standard InChI is InChI=1S/C13H24N2O3/c14-7-10-1-3-11(4-2-10)12(16)15-8-13(17)5-6-18-9-13/h10-11,17H,1-9,14H2,(H,15,16). The Labute approximate surface area is 108 Å². The number of nitrogens with two attached hydrogens (primary N) is 1. The van der Waals surface area contributed by atoms with Crippen molar-refractivity contribution in [2.75, 3.05) is 26.3 Å². The summed E-state index contributed by atoms with van der Waals surface area (Å²) in [6.45, 7) is 1.94. The maximum absolute atomic E-state index is 12.0. The molecule has 5 heteroatoms. The summed E-state index contributed by atoms with van der Waals surface area (Å²) in [6.07, 6.45) is 4.53. The highest BCUT2D eigenvalue weighted by Crippen LogP contribution is 2.28. The molecule has 1 saturated carbocycles. The predicted molar refractivity (Wildman–Crippen MR) is 67.9 cm³/mol. The number of hydrogen-bond acceptors (Lipinski definition) is 4. The molecule has 1 aliphatic heterocycles. The fourth-order valence-electron chi connectivity index (χ4n) is 2.79. The van der Waals surface area contributed by atoms with Crippen molar-refractivity contribution in [3.05, 3.63) is 0 Å². The number of rotatable bonds is 4. The van der Waals surface area contributed by atoms with Crippen LogP contribution in [0, 0.1) is 11.8 Å². The molecule has 0 aromatic rings. The number of carbonyl (C=O) groups is 1. The van der Waals surface area contributed by atoms with Gasteiger partial charge in [0.1, 0.15) is 5.60 Å². The SMILES string of the molecule is NCC1CCC(C(=O)NCC2(O)CCOC2)CC1. The van der Waals surface area contributed by atoms with E-state index in [1.165, 1.54) is 0 Å². The zero-order chi connectivity index (χ0) is 13.0. The van der Waals surface area contributed by atoms with Gasteiger partial charge >= 0.3 is 0 Å². The summed E-state index contributed by atoms with van der Waals surface area (Å²) in [5.41, 5.74) is 4.78. The Morgan fingerprint density at radius 1 is 1.39 bits per heavy atom. The molecule has 5 nitrogen and oxygen atoms in total. The second-order valence-electron chi connectivity index (χ2n) is 5.70. The molecule has 2 fully saturated rings. The minimum absolute atomic E-state index is 0.0748. The highest BCUT2D eigenvalue weighted by molar-refractivity contribution is 5.78. The Balaban J connectivity index is 1.72. The van der Waals surface area contributed by atoms with Gasteiger partial charge in [-0.1, -0.05) is 0 Å². The Hall–Kier alpha value is -0.650. The van der Waals surface area contributed by atoms with E-state index in [1.807, 2.05) is 0 Å². The summed E-state index contributed by atoms with van der Waals surface area (Å²) >= 11 is 0. The van der Waals surface area contributed by atoms with Gasteiger partial charge < -0.3 is 20.9 Å². The van der Waals surface area contributed by atoms with Crippen molar-refractivity contribution in [2.24, 2.45) is 17.6 Å². The summed E-state index contributed by atoms with van der Waals surface area (Å²) in [4.78, 5) is 12.0. The van der Waals surface area contributed by atoms with Crippen molar-refractivity contribution in [1.82, 2.24) is 5.32 Å². The quantitative estimate of drug-likeness (QED) is 0.662. The molecule has 1 atom stereocenters. The van der Waals surface area contributed by atoms with Crippen molar-refractivity contribution in [2.45, 2.75) is 37.7 Å². The Morgan fingerprint density at radius 3 is 2.67 bits per heavy atom. The van der Waals surface area contributed by atoms with E-state index in [4.69, 9.17) is 10.5 Å². The third-order valence-corrected chi connectivity index (χ3v) is 4.23. The van der Waals surface area contributed by atoms with Gasteiger partial charge in [0.15, 0.2) is 0 Å². The van der Waals surface area contributed by atoms with Crippen LogP contribution >= 0.6 is 0 Å². The second kappa shape index (κ2) is 5.99. The Bertz CT molecular complexity index is 282. The van der Waals surface area contributed by atoms with Gasteiger partial charge in [0.25, 0.3) is 0 Å². The van der Waals surface area contributed by atoms with Gasteiger partial charge in [-0.15, -0.1) is 0 Å². The first-order chi connectivity index (χ1) is 8.63. The third-order valence-electron chi connectivity index (χ3n) is 4.23. The number of carbonyl (C=O) groups excluding carboxylic acids is 1. The van der Waals surface area contributed by atoms with E-state index >= 15 is 0 Å². The van der Waals surface area contributed by atoms with Crippen molar-refractivity contribution in [3.63, 3.8) is 0 Å². The molecule has 18 heavy (non-hydrogen) atoms. The zero-order valence-electron chi connectivity index (χ0n) is 10.9. The Morgan fingerprint density at radius 2 is 2.11 bits per heavy atom. The first-order valence-electron chi connectivity index (χ1n) is 6.91. The lowest BCUT2D eigenvalue weighted by molar-refractivity contribution is -0.127. The number of amides is 1. The van der Waals surface area contributed by atoms with E-state index in [2.05, 4.69) is 5.32 Å². The van der Waals surface area contributed by atoms with Crippen LogP contribution in [0.1, 0.15) is 32.1 Å². The lowest BCUT2D eigenvalue weighted by atomic mass is 9.81. The van der Waals surface area contributed by atoms with Crippen molar-refractivity contribution in [1.29, 1.82) is 0 Å². The van der Waals surface area contributed by atoms with E-state index in [1.54, 1.807) is 0 Å². The summed E-state index contributed by atoms with van der Waals surface area (Å²) in [5, 5.41) is 12.9. The van der Waals surface area contributed by atoms with Crippen LogP contribution in [0.3, 0.4) is 0 Å². The van der Waals surface area contributed by atoms with E-state index in [-0.39, 0.29) is 11.8 Å². The van der Waals surface area contributed by atoms with Crippen molar-refractivity contribution >= 4 is 5.91 Å². The number of hydrogen-bond donors (Lipinski definition) is 3. The minimum Gasteiger partial charge on any atom is -0.386 e. The second-order valence-corrected chi connectivity index (χ2v) is 5.70. The smallest absolute Gasteiger partial charge is 0.223 e. The number of aliphatic hydroxyl groups is 1. The van der Waals surface area contributed by atoms with E-state index in [9.17, 15) is 9.90 Å². The molecular weight excluding hydrogens is 232 g/mol. The summed E-state index contributed by atoms with van der Waals surface area (Å²) < 4.78 is 5.15. The van der Waals surface area contributed by atoms with Crippen LogP contribution in [0.5, 0.6) is 0 Å². The van der Waals surface area contributed by atoms with Gasteiger partial charge in [-0.2, -0.15) is 0 Å². The van der Waals surface area contributed by atoms with Gasteiger partial charge in [-0.05, 0) is 38.1 Å². The molecule has 0 radical (unpaired) electrons. The van der Waals surface area contributed by atoms with Crippen molar-refractivity contribution in [3.8, 4) is 0 Å². The van der Waals surface area contributed by atoms with Gasteiger partial charge in [0.05, 0.1) is 6.61 Å². The molecule has 1 heterocycles. The molecule has 0 bridgehead atoms. The molecule has 1 unspecified atom stereocenters. The predicted octanol–water partition coefficient (Wildman–Crippen LogP) is 0.0191. The van der Waals surface area contributed by atoms with E-state index < -0.39 is 5.60 Å². The van der Waals surface area contributed by atoms with Gasteiger partial charge in [-0.25, -0.2) is 0 Å². The molecule has 0 aromatic carbocycles. The van der Waals surface area contributed by atoms with Gasteiger partial charge in [-0.3, -0.25) is 4.79 Å². The zero-order valence-corrected chi connectivity index (χ0v) is 10.9. The summed E-state index contributed by atoms with van der Waals surface area (Å²) in [6, 6.07) is 0. The maximum atomic E-state index is 12.0. The largest absolute Gasteiger partial charge is 0.386 e. The number of ether oxygens (including phenoxy) is 1. The van der Waals surface area contributed by atoms with Crippen LogP contribution < -0.4 is 11.1 Å². The highest BCUT2D eigenvalue weighted by Gasteiger charge is 2.33.